The summed E-state index contributed by atoms with van der Waals surface area (Å²) in [7, 11) is -0.623. The van der Waals surface area contributed by atoms with Gasteiger partial charge in [0, 0.05) is 56.0 Å². The van der Waals surface area contributed by atoms with Gasteiger partial charge in [0.05, 0.1) is 45.8 Å². The van der Waals surface area contributed by atoms with Crippen LogP contribution in [0.4, 0.5) is 11.4 Å². The number of hydrogen-bond donors (Lipinski definition) is 2. The Balaban J connectivity index is 1.24. The number of carbonyl (C=O) groups is 2. The van der Waals surface area contributed by atoms with Crippen LogP contribution in [0.2, 0.25) is 18.6 Å². The summed E-state index contributed by atoms with van der Waals surface area (Å²) in [5.41, 5.74) is 3.25. The normalized spacial score (nSPS) is 23.6. The van der Waals surface area contributed by atoms with Crippen molar-refractivity contribution in [2.24, 2.45) is 5.92 Å². The van der Waals surface area contributed by atoms with E-state index in [-0.39, 0.29) is 36.0 Å². The molecule has 3 aliphatic heterocycles. The Hall–Kier alpha value is -4.36. The van der Waals surface area contributed by atoms with E-state index in [1.165, 1.54) is 5.19 Å². The third kappa shape index (κ3) is 5.93. The smallest absolute Gasteiger partial charge is 0.264 e. The highest BCUT2D eigenvalue weighted by atomic mass is 28.3. The summed E-state index contributed by atoms with van der Waals surface area (Å²) in [6.45, 7) is 9.59. The molecule has 2 saturated heterocycles. The van der Waals surface area contributed by atoms with Crippen LogP contribution in [0.3, 0.4) is 0 Å². The van der Waals surface area contributed by atoms with Crippen LogP contribution >= 0.6 is 0 Å². The highest BCUT2D eigenvalue weighted by Gasteiger charge is 2.66. The van der Waals surface area contributed by atoms with E-state index in [0.29, 0.717) is 39.0 Å². The summed E-state index contributed by atoms with van der Waals surface area (Å²) in [6.07, 6.45) is 2.76. The molecule has 12 heteroatoms. The second-order valence-electron chi connectivity index (χ2n) is 14.2. The summed E-state index contributed by atoms with van der Waals surface area (Å²) in [4.78, 5) is 31.5. The number of nitrogens with one attached hydrogen (secondary N) is 1. The Morgan fingerprint density at radius 1 is 1.08 bits per heavy atom. The van der Waals surface area contributed by atoms with Crippen LogP contribution in [0.5, 0.6) is 5.75 Å². The number of aliphatic hydroxyl groups excluding tert-OH is 1. The average molecular weight is 695 g/mol. The first-order valence-corrected chi connectivity index (χ1v) is 20.6. The van der Waals surface area contributed by atoms with Gasteiger partial charge in [0.15, 0.2) is 5.60 Å². The Bertz CT molecular complexity index is 1860. The predicted octanol–water partition coefficient (Wildman–Crippen LogP) is 3.61. The molecule has 3 aliphatic rings. The molecule has 11 nitrogen and oxygen atoms in total. The van der Waals surface area contributed by atoms with Crippen molar-refractivity contribution >= 4 is 36.4 Å². The third-order valence-corrected chi connectivity index (χ3v) is 15.4. The quantitative estimate of drug-likeness (QED) is 0.229. The summed E-state index contributed by atoms with van der Waals surface area (Å²) >= 11 is 0. The number of anilines is 2. The molecule has 7 rings (SSSR count). The van der Waals surface area contributed by atoms with Crippen LogP contribution in [0.15, 0.2) is 79.0 Å². The first-order valence-electron chi connectivity index (χ1n) is 17.5. The number of aliphatic hydroxyl groups is 1. The van der Waals surface area contributed by atoms with Crippen molar-refractivity contribution in [2.75, 3.05) is 43.2 Å². The van der Waals surface area contributed by atoms with Gasteiger partial charge in [0.1, 0.15) is 5.75 Å². The summed E-state index contributed by atoms with van der Waals surface area (Å²) < 4.78 is 14.6. The fourth-order valence-corrected chi connectivity index (χ4v) is 12.6. The molecule has 0 radical (unpaired) electrons. The highest BCUT2D eigenvalue weighted by molar-refractivity contribution is 6.91. The number of carbonyl (C=O) groups excluding carboxylic acids is 2. The lowest BCUT2D eigenvalue weighted by molar-refractivity contribution is -0.146. The van der Waals surface area contributed by atoms with Gasteiger partial charge in [0.25, 0.3) is 5.91 Å². The molecule has 0 saturated carbocycles. The Morgan fingerprint density at radius 2 is 1.88 bits per heavy atom. The van der Waals surface area contributed by atoms with Crippen molar-refractivity contribution in [3.63, 3.8) is 0 Å². The molecule has 4 atom stereocenters. The van der Waals surface area contributed by atoms with Gasteiger partial charge in [-0.1, -0.05) is 72.9 Å². The van der Waals surface area contributed by atoms with Crippen molar-refractivity contribution < 1.29 is 24.2 Å². The number of rotatable bonds is 11. The van der Waals surface area contributed by atoms with E-state index < -0.39 is 13.7 Å². The summed E-state index contributed by atoms with van der Waals surface area (Å²) in [5.74, 6) is 0.681. The Labute approximate surface area is 294 Å². The van der Waals surface area contributed by atoms with Crippen LogP contribution in [-0.2, 0) is 39.4 Å². The van der Waals surface area contributed by atoms with Gasteiger partial charge in [-0.3, -0.25) is 14.3 Å². The number of fused-ring (bicyclic) bond motifs is 2. The van der Waals surface area contributed by atoms with Crippen molar-refractivity contribution in [1.29, 1.82) is 0 Å². The molecule has 2 amide bonds. The molecular formula is C38H46N6O5Si. The standard InChI is InChI=1S/C38H46N6O5Si/c1-26-36(50(3,4)31-14-12-30(48-2)13-15-31)34(16-19-42-25-28(17-21-45)40-41-42)49-38(26)32-10-5-6-11-33(32)44(37(38)47)24-27-8-7-9-29(22-27)43-20-18-39-23-35(43)46/h5-15,22,25-26,34,36,39,45H,16-21,23-24H2,1-4H3/t26-,34+,36-,38+/m0/s1. The number of para-hydroxylation sites is 1. The molecule has 4 heterocycles. The minimum atomic E-state index is -2.30. The zero-order valence-electron chi connectivity index (χ0n) is 29.2. The van der Waals surface area contributed by atoms with Gasteiger partial charge >= 0.3 is 0 Å². The predicted molar refractivity (Wildman–Crippen MR) is 194 cm³/mol. The van der Waals surface area contributed by atoms with E-state index in [1.54, 1.807) is 7.11 Å². The fourth-order valence-electron chi connectivity index (χ4n) is 8.52. The maximum atomic E-state index is 15.1. The monoisotopic (exact) mass is 694 g/mol. The van der Waals surface area contributed by atoms with Crippen molar-refractivity contribution in [3.05, 3.63) is 95.8 Å². The van der Waals surface area contributed by atoms with Gasteiger partial charge in [-0.2, -0.15) is 0 Å². The number of amides is 2. The molecule has 4 aromatic rings. The average Bonchev–Trinajstić information content (AvgIpc) is 3.78. The Morgan fingerprint density at radius 3 is 2.64 bits per heavy atom. The van der Waals surface area contributed by atoms with E-state index >= 15 is 4.79 Å². The minimum absolute atomic E-state index is 0.0182. The van der Waals surface area contributed by atoms with Crippen molar-refractivity contribution in [2.45, 2.75) is 63.2 Å². The van der Waals surface area contributed by atoms with E-state index in [1.807, 2.05) is 75.3 Å². The molecule has 2 N–H and O–H groups in total. The van der Waals surface area contributed by atoms with Crippen molar-refractivity contribution in [3.8, 4) is 5.75 Å². The van der Waals surface area contributed by atoms with Gasteiger partial charge in [0.2, 0.25) is 5.91 Å². The SMILES string of the molecule is COc1ccc([Si](C)(C)[C@@H]2[C@@H](CCn3cc(CCO)nn3)O[C@]3(C(=O)N(Cc4cccc(N5CCNCC5=O)c4)c4ccccc43)[C@H]2C)cc1. The molecular weight excluding hydrogens is 649 g/mol. The molecule has 50 heavy (non-hydrogen) atoms. The zero-order valence-corrected chi connectivity index (χ0v) is 30.2. The number of hydrogen-bond acceptors (Lipinski definition) is 8. The van der Waals surface area contributed by atoms with Gasteiger partial charge in [-0.25, -0.2) is 0 Å². The topological polar surface area (TPSA) is 122 Å². The second-order valence-corrected chi connectivity index (χ2v) is 18.9. The van der Waals surface area contributed by atoms with E-state index in [2.05, 4.69) is 53.8 Å². The number of methoxy groups -OCH3 is 1. The van der Waals surface area contributed by atoms with Crippen LogP contribution in [-0.4, -0.2) is 79.4 Å². The molecule has 0 unspecified atom stereocenters. The second kappa shape index (κ2) is 13.7. The molecule has 0 bridgehead atoms. The van der Waals surface area contributed by atoms with E-state index in [0.717, 1.165) is 40.5 Å². The van der Waals surface area contributed by atoms with Crippen LogP contribution in [0.25, 0.3) is 0 Å². The lowest BCUT2D eigenvalue weighted by Crippen LogP contribution is -2.51. The highest BCUT2D eigenvalue weighted by Crippen LogP contribution is 2.60. The van der Waals surface area contributed by atoms with Crippen molar-refractivity contribution in [1.82, 2.24) is 20.3 Å². The van der Waals surface area contributed by atoms with Gasteiger partial charge in [-0.05, 0) is 47.9 Å². The molecule has 1 aromatic heterocycles. The number of piperazine rings is 1. The van der Waals surface area contributed by atoms with Crippen LogP contribution < -0.4 is 25.0 Å². The van der Waals surface area contributed by atoms with Gasteiger partial charge in [-0.15, -0.1) is 5.10 Å². The summed E-state index contributed by atoms with van der Waals surface area (Å²) in [6, 6.07) is 24.4. The fraction of sp³-hybridized carbons (Fsp3) is 0.421. The molecule has 2 fully saturated rings. The van der Waals surface area contributed by atoms with Crippen LogP contribution in [0.1, 0.15) is 30.2 Å². The third-order valence-electron chi connectivity index (χ3n) is 11.0. The molecule has 1 spiro atoms. The maximum Gasteiger partial charge on any atom is 0.264 e. The van der Waals surface area contributed by atoms with Crippen LogP contribution in [0, 0.1) is 5.92 Å². The largest absolute Gasteiger partial charge is 0.497 e. The number of aryl methyl sites for hydroxylation is 1. The number of ether oxygens (including phenoxy) is 2. The van der Waals surface area contributed by atoms with Gasteiger partial charge < -0.3 is 29.7 Å². The molecule has 3 aromatic carbocycles. The molecule has 262 valence electrons. The number of benzene rings is 3. The first-order chi connectivity index (χ1) is 24.2. The zero-order chi connectivity index (χ0) is 35.0. The van der Waals surface area contributed by atoms with E-state index in [9.17, 15) is 9.90 Å². The minimum Gasteiger partial charge on any atom is -0.497 e. The summed E-state index contributed by atoms with van der Waals surface area (Å²) in [5, 5.41) is 22.3. The lowest BCUT2D eigenvalue weighted by atomic mass is 9.82. The number of aromatic nitrogens is 3. The Kier molecular flexibility index (Phi) is 9.37. The number of nitrogens with zero attached hydrogens (tertiary/aromatic N) is 5. The molecule has 0 aliphatic carbocycles. The first kappa shape index (κ1) is 34.1. The maximum absolute atomic E-state index is 15.1. The van der Waals surface area contributed by atoms with E-state index in [4.69, 9.17) is 9.47 Å². The lowest BCUT2D eigenvalue weighted by Gasteiger charge is -2.37.